The third kappa shape index (κ3) is 4.07. The molecule has 80 valence electrons. The van der Waals surface area contributed by atoms with Crippen LogP contribution < -0.4 is 0 Å². The van der Waals surface area contributed by atoms with Crippen molar-refractivity contribution in [1.29, 1.82) is 0 Å². The number of aliphatic hydroxyl groups is 3. The summed E-state index contributed by atoms with van der Waals surface area (Å²) in [6.07, 6.45) is 0.901. The molecule has 13 heavy (non-hydrogen) atoms. The summed E-state index contributed by atoms with van der Waals surface area (Å²) in [5, 5.41) is 28.5. The molecule has 0 saturated carbocycles. The number of hydrogen-bond acceptors (Lipinski definition) is 3. The third-order valence-corrected chi connectivity index (χ3v) is 2.27. The maximum absolute atomic E-state index is 9.84. The Labute approximate surface area is 80.4 Å². The van der Waals surface area contributed by atoms with Crippen LogP contribution in [0, 0.1) is 5.92 Å². The van der Waals surface area contributed by atoms with Crippen molar-refractivity contribution in [3.05, 3.63) is 0 Å². The van der Waals surface area contributed by atoms with Crippen molar-refractivity contribution < 1.29 is 15.3 Å². The predicted octanol–water partition coefficient (Wildman–Crippen LogP) is 0.917. The standard InChI is InChI=1S/C10H22O3/c1-4-5-10(13,7-11)9(12)6-8(2)3/h8-9,11-13H,4-7H2,1-3H3. The molecule has 3 heteroatoms. The van der Waals surface area contributed by atoms with Gasteiger partial charge >= 0.3 is 0 Å². The van der Waals surface area contributed by atoms with E-state index in [0.717, 1.165) is 6.42 Å². The topological polar surface area (TPSA) is 60.7 Å². The molecule has 0 fully saturated rings. The zero-order valence-corrected chi connectivity index (χ0v) is 8.82. The van der Waals surface area contributed by atoms with Crippen molar-refractivity contribution in [1.82, 2.24) is 0 Å². The van der Waals surface area contributed by atoms with Crippen LogP contribution in [0.15, 0.2) is 0 Å². The summed E-state index contributed by atoms with van der Waals surface area (Å²) in [5.41, 5.74) is -1.31. The lowest BCUT2D eigenvalue weighted by Gasteiger charge is -2.31. The highest BCUT2D eigenvalue weighted by molar-refractivity contribution is 4.85. The van der Waals surface area contributed by atoms with Gasteiger partial charge in [0.1, 0.15) is 5.60 Å². The van der Waals surface area contributed by atoms with Crippen molar-refractivity contribution in [2.24, 2.45) is 5.92 Å². The molecule has 0 spiro atoms. The highest BCUT2D eigenvalue weighted by atomic mass is 16.4. The summed E-state index contributed by atoms with van der Waals surface area (Å²) in [5.74, 6) is 0.324. The van der Waals surface area contributed by atoms with Gasteiger partial charge < -0.3 is 15.3 Å². The molecule has 3 N–H and O–H groups in total. The van der Waals surface area contributed by atoms with Gasteiger partial charge in [0.25, 0.3) is 0 Å². The Morgan fingerprint density at radius 2 is 1.85 bits per heavy atom. The molecule has 2 unspecified atom stereocenters. The van der Waals surface area contributed by atoms with Gasteiger partial charge in [0.2, 0.25) is 0 Å². The predicted molar refractivity (Wildman–Crippen MR) is 52.4 cm³/mol. The molecular formula is C10H22O3. The second-order valence-corrected chi connectivity index (χ2v) is 4.16. The molecule has 0 radical (unpaired) electrons. The minimum atomic E-state index is -1.31. The molecule has 0 amide bonds. The van der Waals surface area contributed by atoms with Crippen LogP contribution in [0.3, 0.4) is 0 Å². The number of hydrogen-bond donors (Lipinski definition) is 3. The molecule has 0 aliphatic carbocycles. The van der Waals surface area contributed by atoms with E-state index in [1.54, 1.807) is 0 Å². The molecule has 0 bridgehead atoms. The molecule has 0 aliphatic heterocycles. The number of aliphatic hydroxyl groups excluding tert-OH is 2. The van der Waals surface area contributed by atoms with E-state index >= 15 is 0 Å². The third-order valence-electron chi connectivity index (χ3n) is 2.27. The molecule has 2 atom stereocenters. The van der Waals surface area contributed by atoms with E-state index in [4.69, 9.17) is 5.11 Å². The molecule has 0 saturated heterocycles. The van der Waals surface area contributed by atoms with Gasteiger partial charge in [0.15, 0.2) is 0 Å². The fourth-order valence-electron chi connectivity index (χ4n) is 1.45. The van der Waals surface area contributed by atoms with Crippen molar-refractivity contribution >= 4 is 0 Å². The Morgan fingerprint density at radius 3 is 2.15 bits per heavy atom. The van der Waals surface area contributed by atoms with Crippen molar-refractivity contribution in [3.8, 4) is 0 Å². The molecule has 0 heterocycles. The van der Waals surface area contributed by atoms with E-state index in [0.29, 0.717) is 18.8 Å². The fourth-order valence-corrected chi connectivity index (χ4v) is 1.45. The normalized spacial score (nSPS) is 18.7. The monoisotopic (exact) mass is 190 g/mol. The zero-order valence-electron chi connectivity index (χ0n) is 8.82. The van der Waals surface area contributed by atoms with E-state index in [9.17, 15) is 10.2 Å². The SMILES string of the molecule is CCCC(O)(CO)C(O)CC(C)C. The van der Waals surface area contributed by atoms with Gasteiger partial charge in [-0.25, -0.2) is 0 Å². The molecule has 3 nitrogen and oxygen atoms in total. The van der Waals surface area contributed by atoms with Gasteiger partial charge in [-0.2, -0.15) is 0 Å². The summed E-state index contributed by atoms with van der Waals surface area (Å²) in [6.45, 7) is 5.51. The average molecular weight is 190 g/mol. The minimum absolute atomic E-state index is 0.324. The van der Waals surface area contributed by atoms with E-state index in [-0.39, 0.29) is 6.61 Å². The Kier molecular flexibility index (Phi) is 5.53. The first-order valence-electron chi connectivity index (χ1n) is 4.97. The van der Waals surface area contributed by atoms with Crippen LogP contribution in [0.2, 0.25) is 0 Å². The highest BCUT2D eigenvalue weighted by Crippen LogP contribution is 2.22. The summed E-state index contributed by atoms with van der Waals surface area (Å²) < 4.78 is 0. The fraction of sp³-hybridized carbons (Fsp3) is 1.00. The van der Waals surface area contributed by atoms with Gasteiger partial charge in [-0.1, -0.05) is 27.2 Å². The molecule has 0 aromatic rings. The zero-order chi connectivity index (χ0) is 10.5. The van der Waals surface area contributed by atoms with Crippen molar-refractivity contribution in [2.75, 3.05) is 6.61 Å². The molecule has 0 rings (SSSR count). The van der Waals surface area contributed by atoms with E-state index in [1.165, 1.54) is 0 Å². The summed E-state index contributed by atoms with van der Waals surface area (Å²) in [4.78, 5) is 0. The lowest BCUT2D eigenvalue weighted by Crippen LogP contribution is -2.46. The van der Waals surface area contributed by atoms with E-state index in [1.807, 2.05) is 20.8 Å². The Balaban J connectivity index is 4.19. The number of rotatable bonds is 6. The quantitative estimate of drug-likeness (QED) is 0.583. The lowest BCUT2D eigenvalue weighted by atomic mass is 9.87. The van der Waals surface area contributed by atoms with Gasteiger partial charge in [0, 0.05) is 0 Å². The molecular weight excluding hydrogens is 168 g/mol. The van der Waals surface area contributed by atoms with Crippen LogP contribution in [0.1, 0.15) is 40.0 Å². The largest absolute Gasteiger partial charge is 0.393 e. The summed E-state index contributed by atoms with van der Waals surface area (Å²) in [7, 11) is 0. The highest BCUT2D eigenvalue weighted by Gasteiger charge is 2.34. The maximum atomic E-state index is 9.84. The molecule has 0 aromatic carbocycles. The van der Waals surface area contributed by atoms with E-state index < -0.39 is 11.7 Å². The maximum Gasteiger partial charge on any atom is 0.113 e. The first-order chi connectivity index (χ1) is 5.96. The average Bonchev–Trinajstić information content (AvgIpc) is 2.03. The summed E-state index contributed by atoms with van der Waals surface area (Å²) >= 11 is 0. The summed E-state index contributed by atoms with van der Waals surface area (Å²) in [6, 6.07) is 0. The minimum Gasteiger partial charge on any atom is -0.393 e. The van der Waals surface area contributed by atoms with Crippen molar-refractivity contribution in [3.63, 3.8) is 0 Å². The van der Waals surface area contributed by atoms with Gasteiger partial charge in [-0.3, -0.25) is 0 Å². The van der Waals surface area contributed by atoms with Crippen LogP contribution in [0.4, 0.5) is 0 Å². The Bertz CT molecular complexity index is 136. The Morgan fingerprint density at radius 1 is 1.31 bits per heavy atom. The second kappa shape index (κ2) is 5.58. The molecule has 0 aliphatic rings. The van der Waals surface area contributed by atoms with E-state index in [2.05, 4.69) is 0 Å². The lowest BCUT2D eigenvalue weighted by molar-refractivity contribution is -0.116. The smallest absolute Gasteiger partial charge is 0.113 e. The first kappa shape index (κ1) is 12.9. The van der Waals surface area contributed by atoms with Crippen LogP contribution >= 0.6 is 0 Å². The first-order valence-corrected chi connectivity index (χ1v) is 4.97. The second-order valence-electron chi connectivity index (χ2n) is 4.16. The molecule has 0 aromatic heterocycles. The van der Waals surface area contributed by atoms with Gasteiger partial charge in [0.05, 0.1) is 12.7 Å². The van der Waals surface area contributed by atoms with Crippen LogP contribution in [-0.2, 0) is 0 Å². The van der Waals surface area contributed by atoms with Crippen LogP contribution in [0.5, 0.6) is 0 Å². The van der Waals surface area contributed by atoms with Gasteiger partial charge in [-0.05, 0) is 18.8 Å². The van der Waals surface area contributed by atoms with Crippen LogP contribution in [-0.4, -0.2) is 33.6 Å². The van der Waals surface area contributed by atoms with Crippen LogP contribution in [0.25, 0.3) is 0 Å². The van der Waals surface area contributed by atoms with Crippen molar-refractivity contribution in [2.45, 2.75) is 51.7 Å². The Hall–Kier alpha value is -0.120. The van der Waals surface area contributed by atoms with Gasteiger partial charge in [-0.15, -0.1) is 0 Å².